The average Bonchev–Trinajstić information content (AvgIpc) is 3.49. The van der Waals surface area contributed by atoms with E-state index in [0.29, 0.717) is 18.5 Å². The Hall–Kier alpha value is -3.10. The molecule has 4 unspecified atom stereocenters. The first kappa shape index (κ1) is 29.1. The number of carbonyl (C=O) groups is 4. The van der Waals surface area contributed by atoms with Gasteiger partial charge in [-0.1, -0.05) is 56.5 Å². The second-order valence-electron chi connectivity index (χ2n) is 10.7. The van der Waals surface area contributed by atoms with Crippen LogP contribution in [0.4, 0.5) is 4.79 Å². The minimum Gasteiger partial charge on any atom is -0.444 e. The van der Waals surface area contributed by atoms with Crippen molar-refractivity contribution in [1.82, 2.24) is 15.5 Å². The highest BCUT2D eigenvalue weighted by Gasteiger charge is 2.48. The van der Waals surface area contributed by atoms with Crippen molar-refractivity contribution in [3.05, 3.63) is 35.4 Å². The number of rotatable bonds is 12. The summed E-state index contributed by atoms with van der Waals surface area (Å²) in [6, 6.07) is 5.08. The molecule has 4 atom stereocenters. The van der Waals surface area contributed by atoms with Gasteiger partial charge in [-0.05, 0) is 52.0 Å². The van der Waals surface area contributed by atoms with E-state index in [1.165, 1.54) is 4.90 Å². The number of primary amides is 1. The summed E-state index contributed by atoms with van der Waals surface area (Å²) in [7, 11) is 0. The van der Waals surface area contributed by atoms with Crippen molar-refractivity contribution in [2.24, 2.45) is 11.7 Å². The lowest BCUT2D eigenvalue weighted by Gasteiger charge is -2.35. The first-order valence-electron chi connectivity index (χ1n) is 12.8. The lowest BCUT2D eigenvalue weighted by atomic mass is 10.0. The molecule has 0 radical (unpaired) electrons. The van der Waals surface area contributed by atoms with Crippen molar-refractivity contribution in [2.45, 2.75) is 97.4 Å². The third kappa shape index (κ3) is 8.84. The Bertz CT molecular complexity index is 925. The summed E-state index contributed by atoms with van der Waals surface area (Å²) < 4.78 is 5.31. The number of nitrogens with two attached hydrogens (primary N) is 1. The number of hydrogen-bond acceptors (Lipinski definition) is 5. The van der Waals surface area contributed by atoms with E-state index in [-0.39, 0.29) is 17.9 Å². The van der Waals surface area contributed by atoms with Crippen LogP contribution in [0.5, 0.6) is 0 Å². The van der Waals surface area contributed by atoms with Gasteiger partial charge >= 0.3 is 6.09 Å². The van der Waals surface area contributed by atoms with E-state index in [1.807, 2.05) is 38.1 Å². The van der Waals surface area contributed by atoms with Gasteiger partial charge in [0.25, 0.3) is 0 Å². The van der Waals surface area contributed by atoms with Crippen LogP contribution in [0, 0.1) is 12.8 Å². The molecule has 4 N–H and O–H groups in total. The van der Waals surface area contributed by atoms with Crippen LogP contribution in [0.15, 0.2) is 24.3 Å². The maximum absolute atomic E-state index is 13.9. The normalized spacial score (nSPS) is 18.5. The molecule has 1 aliphatic rings. The van der Waals surface area contributed by atoms with Crippen LogP contribution in [0.2, 0.25) is 0 Å². The number of carbonyl (C=O) groups excluding carboxylic acids is 4. The quantitative estimate of drug-likeness (QED) is 0.377. The Morgan fingerprint density at radius 3 is 2.25 bits per heavy atom. The molecule has 1 aliphatic carbocycles. The fourth-order valence-corrected chi connectivity index (χ4v) is 4.07. The summed E-state index contributed by atoms with van der Waals surface area (Å²) in [6.45, 7) is 11.6. The SMILES string of the molecule is CCCCCNC(=O)C(c1ccc(C)cc1)N(C(=O)C(CC(N)=O)NC(=O)OC(C)(C)C)C1CC1C. The molecule has 0 saturated heterocycles. The summed E-state index contributed by atoms with van der Waals surface area (Å²) >= 11 is 0. The monoisotopic (exact) mass is 502 g/mol. The Labute approximate surface area is 214 Å². The predicted octanol–water partition coefficient (Wildman–Crippen LogP) is 3.35. The molecule has 1 saturated carbocycles. The number of nitrogens with zero attached hydrogens (tertiary/aromatic N) is 1. The summed E-state index contributed by atoms with van der Waals surface area (Å²) in [4.78, 5) is 53.3. The van der Waals surface area contributed by atoms with E-state index < -0.39 is 42.0 Å². The smallest absolute Gasteiger partial charge is 0.408 e. The largest absolute Gasteiger partial charge is 0.444 e. The van der Waals surface area contributed by atoms with Gasteiger partial charge in [-0.25, -0.2) is 4.79 Å². The molecule has 0 spiro atoms. The van der Waals surface area contributed by atoms with Crippen LogP contribution in [-0.2, 0) is 19.1 Å². The number of nitrogens with one attached hydrogen (secondary N) is 2. The van der Waals surface area contributed by atoms with E-state index >= 15 is 0 Å². The van der Waals surface area contributed by atoms with Gasteiger partial charge in [0.1, 0.15) is 17.7 Å². The molecule has 36 heavy (non-hydrogen) atoms. The van der Waals surface area contributed by atoms with Gasteiger partial charge in [-0.15, -0.1) is 0 Å². The van der Waals surface area contributed by atoms with Crippen molar-refractivity contribution in [1.29, 1.82) is 0 Å². The van der Waals surface area contributed by atoms with E-state index in [4.69, 9.17) is 10.5 Å². The molecular formula is C27H42N4O5. The molecule has 200 valence electrons. The van der Waals surface area contributed by atoms with Gasteiger partial charge in [0.05, 0.1) is 6.42 Å². The second-order valence-corrected chi connectivity index (χ2v) is 10.7. The lowest BCUT2D eigenvalue weighted by Crippen LogP contribution is -2.55. The minimum atomic E-state index is -1.26. The molecule has 2 rings (SSSR count). The van der Waals surface area contributed by atoms with Gasteiger partial charge in [0.15, 0.2) is 0 Å². The molecule has 0 bridgehead atoms. The molecule has 9 heteroatoms. The highest BCUT2D eigenvalue weighted by atomic mass is 16.6. The van der Waals surface area contributed by atoms with Gasteiger partial charge in [-0.3, -0.25) is 14.4 Å². The van der Waals surface area contributed by atoms with E-state index in [0.717, 1.165) is 24.8 Å². The Kier molecular flexibility index (Phi) is 10.3. The lowest BCUT2D eigenvalue weighted by molar-refractivity contribution is -0.144. The summed E-state index contributed by atoms with van der Waals surface area (Å²) in [5.41, 5.74) is 6.32. The first-order valence-corrected chi connectivity index (χ1v) is 12.8. The molecule has 0 aliphatic heterocycles. The number of aryl methyl sites for hydroxylation is 1. The van der Waals surface area contributed by atoms with Crippen molar-refractivity contribution in [3.8, 4) is 0 Å². The standard InChI is InChI=1S/C27H42N4O5/c1-7-8-9-14-29-24(33)23(19-12-10-17(2)11-13-19)31(21-15-18(21)3)25(34)20(16-22(28)32)30-26(35)36-27(4,5)6/h10-13,18,20-21,23H,7-9,14-16H2,1-6H3,(H2,28,32)(H,29,33)(H,30,35). The number of amides is 4. The zero-order valence-corrected chi connectivity index (χ0v) is 22.4. The minimum absolute atomic E-state index is 0.172. The van der Waals surface area contributed by atoms with Crippen LogP contribution in [0.1, 0.15) is 83.9 Å². The van der Waals surface area contributed by atoms with Crippen LogP contribution in [0.25, 0.3) is 0 Å². The third-order valence-corrected chi connectivity index (χ3v) is 6.07. The molecule has 0 aromatic heterocycles. The van der Waals surface area contributed by atoms with E-state index in [1.54, 1.807) is 20.8 Å². The molecule has 0 heterocycles. The summed E-state index contributed by atoms with van der Waals surface area (Å²) in [5, 5.41) is 5.49. The molecule has 9 nitrogen and oxygen atoms in total. The van der Waals surface area contributed by atoms with Crippen molar-refractivity contribution in [3.63, 3.8) is 0 Å². The highest BCUT2D eigenvalue weighted by Crippen LogP contribution is 2.40. The van der Waals surface area contributed by atoms with Gasteiger partial charge in [0, 0.05) is 12.6 Å². The molecule has 1 aromatic rings. The van der Waals surface area contributed by atoms with Crippen LogP contribution < -0.4 is 16.4 Å². The Morgan fingerprint density at radius 1 is 1.14 bits per heavy atom. The van der Waals surface area contributed by atoms with Crippen LogP contribution in [-0.4, -0.2) is 52.9 Å². The topological polar surface area (TPSA) is 131 Å². The zero-order valence-electron chi connectivity index (χ0n) is 22.4. The highest BCUT2D eigenvalue weighted by molar-refractivity contribution is 5.95. The first-order chi connectivity index (χ1) is 16.8. The maximum atomic E-state index is 13.9. The van der Waals surface area contributed by atoms with Gasteiger partial charge in [-0.2, -0.15) is 0 Å². The zero-order chi connectivity index (χ0) is 27.0. The van der Waals surface area contributed by atoms with Crippen molar-refractivity contribution < 1.29 is 23.9 Å². The molecule has 1 aromatic carbocycles. The van der Waals surface area contributed by atoms with Crippen molar-refractivity contribution >= 4 is 23.8 Å². The second kappa shape index (κ2) is 12.7. The molecule has 1 fully saturated rings. The number of alkyl carbamates (subject to hydrolysis) is 1. The van der Waals surface area contributed by atoms with Gasteiger partial charge in [0.2, 0.25) is 17.7 Å². The third-order valence-electron chi connectivity index (χ3n) is 6.07. The average molecular weight is 503 g/mol. The van der Waals surface area contributed by atoms with Crippen LogP contribution in [0.3, 0.4) is 0 Å². The van der Waals surface area contributed by atoms with E-state index in [2.05, 4.69) is 17.6 Å². The summed E-state index contributed by atoms with van der Waals surface area (Å²) in [6.07, 6.45) is 2.31. The number of hydrogen-bond donors (Lipinski definition) is 3. The Morgan fingerprint density at radius 2 is 1.75 bits per heavy atom. The number of unbranched alkanes of at least 4 members (excludes halogenated alkanes) is 2. The fraction of sp³-hybridized carbons (Fsp3) is 0.630. The fourth-order valence-electron chi connectivity index (χ4n) is 4.07. The maximum Gasteiger partial charge on any atom is 0.408 e. The Balaban J connectivity index is 2.42. The van der Waals surface area contributed by atoms with Crippen LogP contribution >= 0.6 is 0 Å². The predicted molar refractivity (Wildman–Crippen MR) is 138 cm³/mol. The van der Waals surface area contributed by atoms with Gasteiger partial charge < -0.3 is 26.0 Å². The van der Waals surface area contributed by atoms with E-state index in [9.17, 15) is 19.2 Å². The summed E-state index contributed by atoms with van der Waals surface area (Å²) in [5.74, 6) is -1.41. The number of benzene rings is 1. The molecular weight excluding hydrogens is 460 g/mol. The molecule has 4 amide bonds. The number of ether oxygens (including phenoxy) is 1. The van der Waals surface area contributed by atoms with Crippen molar-refractivity contribution in [2.75, 3.05) is 6.54 Å².